The quantitative estimate of drug-likeness (QED) is 0.435. The van der Waals surface area contributed by atoms with Gasteiger partial charge >= 0.3 is 5.97 Å². The van der Waals surface area contributed by atoms with E-state index in [9.17, 15) is 4.79 Å². The molecule has 6 nitrogen and oxygen atoms in total. The number of hydrogen-bond acceptors (Lipinski definition) is 5. The summed E-state index contributed by atoms with van der Waals surface area (Å²) in [6, 6.07) is 7.40. The highest BCUT2D eigenvalue weighted by atomic mass is 35.5. The van der Waals surface area contributed by atoms with Crippen LogP contribution in [0.1, 0.15) is 38.1 Å². The molecule has 0 saturated carbocycles. The van der Waals surface area contributed by atoms with E-state index in [1.165, 1.54) is 11.6 Å². The maximum absolute atomic E-state index is 12.4. The minimum atomic E-state index is -1.02. The van der Waals surface area contributed by atoms with Crippen molar-refractivity contribution in [2.45, 2.75) is 39.4 Å². The van der Waals surface area contributed by atoms with Gasteiger partial charge in [-0.15, -0.1) is 0 Å². The van der Waals surface area contributed by atoms with Crippen LogP contribution in [0.3, 0.4) is 0 Å². The van der Waals surface area contributed by atoms with Crippen LogP contribution in [0.5, 0.6) is 0 Å². The monoisotopic (exact) mass is 421 g/mol. The van der Waals surface area contributed by atoms with Crippen LogP contribution >= 0.6 is 23.2 Å². The summed E-state index contributed by atoms with van der Waals surface area (Å²) in [4.78, 5) is 17.1. The van der Waals surface area contributed by atoms with Crippen molar-refractivity contribution in [2.75, 3.05) is 7.11 Å². The van der Waals surface area contributed by atoms with Gasteiger partial charge in [-0.05, 0) is 45.4 Å². The zero-order valence-electron chi connectivity index (χ0n) is 16.3. The number of aromatic nitrogens is 3. The Morgan fingerprint density at radius 2 is 1.96 bits per heavy atom. The number of benzene rings is 1. The van der Waals surface area contributed by atoms with E-state index in [1.54, 1.807) is 19.2 Å². The summed E-state index contributed by atoms with van der Waals surface area (Å²) in [5.41, 5.74) is 2.60. The fourth-order valence-corrected chi connectivity index (χ4v) is 3.47. The van der Waals surface area contributed by atoms with Crippen molar-refractivity contribution in [3.63, 3.8) is 0 Å². The summed E-state index contributed by atoms with van der Waals surface area (Å²) in [5, 5.41) is 5.22. The number of halogens is 2. The molecule has 0 bridgehead atoms. The molecule has 28 heavy (non-hydrogen) atoms. The van der Waals surface area contributed by atoms with E-state index in [-0.39, 0.29) is 5.15 Å². The van der Waals surface area contributed by atoms with Crippen molar-refractivity contribution in [3.8, 4) is 11.1 Å². The first-order chi connectivity index (χ1) is 13.1. The van der Waals surface area contributed by atoms with E-state index >= 15 is 0 Å². The highest BCUT2D eigenvalue weighted by molar-refractivity contribution is 6.31. The van der Waals surface area contributed by atoms with Crippen molar-refractivity contribution in [1.82, 2.24) is 14.6 Å². The van der Waals surface area contributed by atoms with E-state index in [4.69, 9.17) is 32.7 Å². The van der Waals surface area contributed by atoms with Crippen LogP contribution in [0, 0.1) is 6.92 Å². The van der Waals surface area contributed by atoms with Crippen LogP contribution < -0.4 is 0 Å². The number of fused-ring (bicyclic) bond motifs is 1. The first-order valence-electron chi connectivity index (χ1n) is 8.67. The number of methoxy groups -OCH3 is 1. The molecule has 1 unspecified atom stereocenters. The summed E-state index contributed by atoms with van der Waals surface area (Å²) < 4.78 is 12.4. The second-order valence-electron chi connectivity index (χ2n) is 7.34. The average molecular weight is 422 g/mol. The predicted octanol–water partition coefficient (Wildman–Crippen LogP) is 5.04. The van der Waals surface area contributed by atoms with Gasteiger partial charge in [-0.25, -0.2) is 14.3 Å². The molecule has 0 aliphatic carbocycles. The largest absolute Gasteiger partial charge is 0.467 e. The molecule has 3 aromatic rings. The van der Waals surface area contributed by atoms with E-state index < -0.39 is 17.7 Å². The highest BCUT2D eigenvalue weighted by Crippen LogP contribution is 2.35. The summed E-state index contributed by atoms with van der Waals surface area (Å²) in [5.74, 6) is -0.553. The molecular formula is C20H21Cl2N3O3. The van der Waals surface area contributed by atoms with Crippen LogP contribution in [-0.4, -0.2) is 33.3 Å². The third-order valence-electron chi connectivity index (χ3n) is 4.10. The molecule has 0 saturated heterocycles. The lowest BCUT2D eigenvalue weighted by Crippen LogP contribution is -2.29. The molecule has 0 spiro atoms. The molecule has 1 aromatic carbocycles. The van der Waals surface area contributed by atoms with Gasteiger partial charge in [-0.2, -0.15) is 5.10 Å². The van der Waals surface area contributed by atoms with Gasteiger partial charge in [0.1, 0.15) is 5.15 Å². The Morgan fingerprint density at radius 1 is 1.25 bits per heavy atom. The summed E-state index contributed by atoms with van der Waals surface area (Å²) >= 11 is 12.8. The van der Waals surface area contributed by atoms with Gasteiger partial charge in [-0.3, -0.25) is 0 Å². The van der Waals surface area contributed by atoms with E-state index in [0.717, 1.165) is 11.1 Å². The first kappa shape index (κ1) is 20.6. The topological polar surface area (TPSA) is 65.7 Å². The van der Waals surface area contributed by atoms with Crippen molar-refractivity contribution >= 4 is 34.8 Å². The molecule has 148 valence electrons. The Morgan fingerprint density at radius 3 is 2.57 bits per heavy atom. The average Bonchev–Trinajstić information content (AvgIpc) is 3.03. The van der Waals surface area contributed by atoms with Gasteiger partial charge in [0.25, 0.3) is 0 Å². The number of carbonyl (C=O) groups excluding carboxylic acids is 1. The second-order valence-corrected chi connectivity index (χ2v) is 8.13. The van der Waals surface area contributed by atoms with E-state index in [0.29, 0.717) is 21.9 Å². The lowest BCUT2D eigenvalue weighted by molar-refractivity contribution is -0.164. The molecule has 8 heteroatoms. The van der Waals surface area contributed by atoms with Crippen LogP contribution in [0.15, 0.2) is 30.5 Å². The normalized spacial score (nSPS) is 13.0. The highest BCUT2D eigenvalue weighted by Gasteiger charge is 2.33. The van der Waals surface area contributed by atoms with E-state index in [2.05, 4.69) is 10.1 Å². The van der Waals surface area contributed by atoms with Gasteiger partial charge < -0.3 is 9.47 Å². The molecule has 0 amide bonds. The van der Waals surface area contributed by atoms with Gasteiger partial charge in [0, 0.05) is 16.3 Å². The molecule has 2 heterocycles. The molecule has 0 aliphatic rings. The third kappa shape index (κ3) is 3.99. The van der Waals surface area contributed by atoms with Crippen LogP contribution in [-0.2, 0) is 14.3 Å². The minimum Gasteiger partial charge on any atom is -0.467 e. The standard InChI is InChI=1S/C20H21Cl2N3O3/c1-11-15(16(19(26)27-5)28-20(2,3)4)17(22)25-18(24-11)14(10-23-25)12-7-6-8-13(21)9-12/h6-10,16H,1-5H3. The smallest absolute Gasteiger partial charge is 0.339 e. The zero-order chi connectivity index (χ0) is 20.6. The Balaban J connectivity index is 2.19. The minimum absolute atomic E-state index is 0.246. The molecule has 0 aliphatic heterocycles. The number of ether oxygens (including phenoxy) is 2. The molecular weight excluding hydrogens is 401 g/mol. The summed E-state index contributed by atoms with van der Waals surface area (Å²) in [6.45, 7) is 7.33. The fourth-order valence-electron chi connectivity index (χ4n) is 2.92. The predicted molar refractivity (Wildman–Crippen MR) is 109 cm³/mol. The Labute approximate surface area is 173 Å². The molecule has 1 atom stereocenters. The van der Waals surface area contributed by atoms with Gasteiger partial charge in [0.2, 0.25) is 0 Å². The molecule has 3 rings (SSSR count). The number of hydrogen-bond donors (Lipinski definition) is 0. The molecule has 2 aromatic heterocycles. The van der Waals surface area contributed by atoms with Crippen LogP contribution in [0.2, 0.25) is 10.2 Å². The van der Waals surface area contributed by atoms with Crippen molar-refractivity contribution in [2.24, 2.45) is 0 Å². The number of rotatable bonds is 4. The Hall–Kier alpha value is -2.15. The SMILES string of the molecule is COC(=O)C(OC(C)(C)C)c1c(C)nc2c(-c3cccc(Cl)c3)cnn2c1Cl. The zero-order valence-corrected chi connectivity index (χ0v) is 17.8. The number of esters is 1. The van der Waals surface area contributed by atoms with Crippen LogP contribution in [0.25, 0.3) is 16.8 Å². The first-order valence-corrected chi connectivity index (χ1v) is 9.43. The number of aryl methyl sites for hydroxylation is 1. The van der Waals surface area contributed by atoms with Gasteiger partial charge in [0.05, 0.1) is 24.5 Å². The third-order valence-corrected chi connectivity index (χ3v) is 4.70. The van der Waals surface area contributed by atoms with Gasteiger partial charge in [0.15, 0.2) is 11.8 Å². The lowest BCUT2D eigenvalue weighted by atomic mass is 10.1. The van der Waals surface area contributed by atoms with Gasteiger partial charge in [-0.1, -0.05) is 35.3 Å². The fraction of sp³-hybridized carbons (Fsp3) is 0.350. The Bertz CT molecular complexity index is 1040. The van der Waals surface area contributed by atoms with Crippen LogP contribution in [0.4, 0.5) is 0 Å². The van der Waals surface area contributed by atoms with Crippen molar-refractivity contribution < 1.29 is 14.3 Å². The van der Waals surface area contributed by atoms with Crippen molar-refractivity contribution in [1.29, 1.82) is 0 Å². The lowest BCUT2D eigenvalue weighted by Gasteiger charge is -2.27. The molecule has 0 N–H and O–H groups in total. The summed E-state index contributed by atoms with van der Waals surface area (Å²) in [7, 11) is 1.31. The number of nitrogens with zero attached hydrogens (tertiary/aromatic N) is 3. The maximum atomic E-state index is 12.4. The van der Waals surface area contributed by atoms with Crippen molar-refractivity contribution in [3.05, 3.63) is 51.9 Å². The second kappa shape index (κ2) is 7.70. The molecule has 0 radical (unpaired) electrons. The van der Waals surface area contributed by atoms with E-state index in [1.807, 2.05) is 39.0 Å². The Kier molecular flexibility index (Phi) is 5.66. The maximum Gasteiger partial charge on any atom is 0.339 e. The molecule has 0 fully saturated rings. The number of carbonyl (C=O) groups is 1. The summed E-state index contributed by atoms with van der Waals surface area (Å²) in [6.07, 6.45) is 0.647.